The second kappa shape index (κ2) is 11.4. The van der Waals surface area contributed by atoms with Crippen molar-refractivity contribution in [3.63, 3.8) is 0 Å². The average molecular weight is 594 g/mol. The maximum absolute atomic E-state index is 12.4. The van der Waals surface area contributed by atoms with Crippen LogP contribution in [-0.4, -0.2) is 24.6 Å². The first-order valence-corrected chi connectivity index (χ1v) is 11.8. The van der Waals surface area contributed by atoms with Crippen LogP contribution in [-0.2, 0) is 4.79 Å². The van der Waals surface area contributed by atoms with Crippen molar-refractivity contribution in [2.75, 3.05) is 11.9 Å². The van der Waals surface area contributed by atoms with E-state index < -0.39 is 0 Å². The number of carbonyl (C=O) groups excluding carboxylic acids is 2. The molecule has 0 atom stereocenters. The summed E-state index contributed by atoms with van der Waals surface area (Å²) in [5.74, 6) is -0.263. The van der Waals surface area contributed by atoms with E-state index >= 15 is 0 Å². The van der Waals surface area contributed by atoms with Crippen LogP contribution in [0.25, 0.3) is 0 Å². The van der Waals surface area contributed by atoms with Gasteiger partial charge in [0.05, 0.1) is 10.7 Å². The zero-order valence-electron chi connectivity index (χ0n) is 17.8. The average Bonchev–Trinajstić information content (AvgIpc) is 2.75. The zero-order chi connectivity index (χ0) is 24.0. The number of benzene rings is 3. The van der Waals surface area contributed by atoms with Crippen molar-refractivity contribution in [3.05, 3.63) is 90.8 Å². The van der Waals surface area contributed by atoms with Gasteiger partial charge in [-0.2, -0.15) is 5.10 Å². The molecule has 3 aromatic rings. The zero-order valence-corrected chi connectivity index (χ0v) is 21.7. The lowest BCUT2D eigenvalue weighted by molar-refractivity contribution is -0.118. The highest BCUT2D eigenvalue weighted by molar-refractivity contribution is 9.11. The Labute approximate surface area is 213 Å². The number of carbonyl (C=O) groups is 2. The molecule has 2 N–H and O–H groups in total. The van der Waals surface area contributed by atoms with Gasteiger partial charge in [-0.3, -0.25) is 9.59 Å². The number of anilines is 1. The molecule has 170 valence electrons. The lowest BCUT2D eigenvalue weighted by atomic mass is 10.1. The first-order chi connectivity index (χ1) is 15.7. The molecule has 0 saturated carbocycles. The van der Waals surface area contributed by atoms with E-state index in [1.807, 2.05) is 32.0 Å². The van der Waals surface area contributed by atoms with E-state index in [1.54, 1.807) is 36.4 Å². The minimum atomic E-state index is -0.382. The standard InChI is InChI=1S/C24H20Br2ClN3O3/c1-14-3-8-21(15(2)9-14)29-22(31)13-33-23-17(10-18(25)11-20(23)26)12-28-30-24(32)16-4-6-19(27)7-5-16/h3-12H,13H2,1-2H3,(H,29,31)(H,30,32)/b28-12+. The third-order valence-corrected chi connectivity index (χ3v) is 5.82. The van der Waals surface area contributed by atoms with Crippen molar-refractivity contribution in [2.24, 2.45) is 5.10 Å². The van der Waals surface area contributed by atoms with E-state index in [9.17, 15) is 9.59 Å². The summed E-state index contributed by atoms with van der Waals surface area (Å²) in [5.41, 5.74) is 6.27. The SMILES string of the molecule is Cc1ccc(NC(=O)COc2c(Br)cc(Br)cc2/C=N/NC(=O)c2ccc(Cl)cc2)c(C)c1. The van der Waals surface area contributed by atoms with Crippen LogP contribution in [0.4, 0.5) is 5.69 Å². The number of amides is 2. The minimum absolute atomic E-state index is 0.203. The van der Waals surface area contributed by atoms with Gasteiger partial charge < -0.3 is 10.1 Å². The third kappa shape index (κ3) is 7.15. The molecule has 0 aromatic heterocycles. The van der Waals surface area contributed by atoms with Gasteiger partial charge in [0, 0.05) is 26.3 Å². The molecule has 0 saturated heterocycles. The van der Waals surface area contributed by atoms with Crippen LogP contribution in [0.5, 0.6) is 5.75 Å². The Morgan fingerprint density at radius 2 is 1.79 bits per heavy atom. The van der Waals surface area contributed by atoms with Crippen molar-refractivity contribution in [2.45, 2.75) is 13.8 Å². The van der Waals surface area contributed by atoms with Crippen molar-refractivity contribution < 1.29 is 14.3 Å². The molecule has 0 bridgehead atoms. The van der Waals surface area contributed by atoms with Gasteiger partial charge in [-0.1, -0.05) is 45.2 Å². The Kier molecular flexibility index (Phi) is 8.66. The highest BCUT2D eigenvalue weighted by atomic mass is 79.9. The fourth-order valence-corrected chi connectivity index (χ4v) is 4.43. The summed E-state index contributed by atoms with van der Waals surface area (Å²) in [6, 6.07) is 15.8. The van der Waals surface area contributed by atoms with Gasteiger partial charge >= 0.3 is 0 Å². The summed E-state index contributed by atoms with van der Waals surface area (Å²) in [6.45, 7) is 3.72. The summed E-state index contributed by atoms with van der Waals surface area (Å²) in [5, 5.41) is 7.41. The van der Waals surface area contributed by atoms with Gasteiger partial charge in [-0.15, -0.1) is 0 Å². The van der Waals surface area contributed by atoms with E-state index in [0.29, 0.717) is 26.4 Å². The van der Waals surface area contributed by atoms with Gasteiger partial charge in [-0.05, 0) is 77.8 Å². The first-order valence-electron chi connectivity index (χ1n) is 9.81. The number of nitrogens with zero attached hydrogens (tertiary/aromatic N) is 1. The number of hydrogen-bond donors (Lipinski definition) is 2. The molecule has 0 spiro atoms. The quantitative estimate of drug-likeness (QED) is 0.251. The van der Waals surface area contributed by atoms with E-state index in [2.05, 4.69) is 47.7 Å². The summed E-state index contributed by atoms with van der Waals surface area (Å²) in [6.07, 6.45) is 1.45. The van der Waals surface area contributed by atoms with Crippen LogP contribution in [0.1, 0.15) is 27.0 Å². The monoisotopic (exact) mass is 591 g/mol. The van der Waals surface area contributed by atoms with E-state index in [0.717, 1.165) is 21.3 Å². The number of aryl methyl sites for hydroxylation is 2. The van der Waals surface area contributed by atoms with Crippen molar-refractivity contribution >= 4 is 67.2 Å². The van der Waals surface area contributed by atoms with Gasteiger partial charge in [0.25, 0.3) is 11.8 Å². The van der Waals surface area contributed by atoms with Gasteiger partial charge in [0.15, 0.2) is 6.61 Å². The Morgan fingerprint density at radius 3 is 2.48 bits per heavy atom. The maximum atomic E-state index is 12.4. The first kappa shape index (κ1) is 25.0. The van der Waals surface area contributed by atoms with Crippen LogP contribution in [0.2, 0.25) is 5.02 Å². The molecule has 0 aliphatic rings. The minimum Gasteiger partial charge on any atom is -0.482 e. The molecule has 6 nitrogen and oxygen atoms in total. The predicted molar refractivity (Wildman–Crippen MR) is 138 cm³/mol. The summed E-state index contributed by atoms with van der Waals surface area (Å²) in [4.78, 5) is 24.7. The molecule has 0 radical (unpaired) electrons. The van der Waals surface area contributed by atoms with Crippen LogP contribution in [0.15, 0.2) is 68.6 Å². The summed E-state index contributed by atoms with van der Waals surface area (Å²) in [7, 11) is 0. The molecule has 0 heterocycles. The lowest BCUT2D eigenvalue weighted by Crippen LogP contribution is -2.21. The topological polar surface area (TPSA) is 79.8 Å². The number of rotatable bonds is 7. The second-order valence-electron chi connectivity index (χ2n) is 7.17. The van der Waals surface area contributed by atoms with Gasteiger partial charge in [0.1, 0.15) is 5.75 Å². The normalized spacial score (nSPS) is 10.8. The number of hydrogen-bond acceptors (Lipinski definition) is 4. The Bertz CT molecular complexity index is 1210. The number of hydrazone groups is 1. The molecule has 0 fully saturated rings. The third-order valence-electron chi connectivity index (χ3n) is 4.52. The smallest absolute Gasteiger partial charge is 0.271 e. The lowest BCUT2D eigenvalue weighted by Gasteiger charge is -2.13. The summed E-state index contributed by atoms with van der Waals surface area (Å²) >= 11 is 12.7. The molecule has 0 aliphatic heterocycles. The largest absolute Gasteiger partial charge is 0.482 e. The highest BCUT2D eigenvalue weighted by Crippen LogP contribution is 2.32. The molecule has 2 amide bonds. The van der Waals surface area contributed by atoms with Crippen LogP contribution < -0.4 is 15.5 Å². The number of halogens is 3. The Morgan fingerprint density at radius 1 is 1.06 bits per heavy atom. The molecule has 33 heavy (non-hydrogen) atoms. The molecule has 3 rings (SSSR count). The van der Waals surface area contributed by atoms with E-state index in [1.165, 1.54) is 6.21 Å². The van der Waals surface area contributed by atoms with Gasteiger partial charge in [-0.25, -0.2) is 5.43 Å². The van der Waals surface area contributed by atoms with Crippen LogP contribution in [0, 0.1) is 13.8 Å². The molecule has 3 aromatic carbocycles. The van der Waals surface area contributed by atoms with E-state index in [-0.39, 0.29) is 18.4 Å². The maximum Gasteiger partial charge on any atom is 0.271 e. The van der Waals surface area contributed by atoms with Crippen molar-refractivity contribution in [3.8, 4) is 5.75 Å². The van der Waals surface area contributed by atoms with Crippen molar-refractivity contribution in [1.82, 2.24) is 5.43 Å². The molecule has 0 unspecified atom stereocenters. The van der Waals surface area contributed by atoms with E-state index in [4.69, 9.17) is 16.3 Å². The predicted octanol–water partition coefficient (Wildman–Crippen LogP) is 6.26. The molecule has 9 heteroatoms. The Balaban J connectivity index is 1.68. The molecular weight excluding hydrogens is 574 g/mol. The van der Waals surface area contributed by atoms with Crippen LogP contribution >= 0.6 is 43.5 Å². The van der Waals surface area contributed by atoms with Gasteiger partial charge in [0.2, 0.25) is 0 Å². The second-order valence-corrected chi connectivity index (χ2v) is 9.37. The fourth-order valence-electron chi connectivity index (χ4n) is 2.93. The summed E-state index contributed by atoms with van der Waals surface area (Å²) < 4.78 is 7.17. The highest BCUT2D eigenvalue weighted by Gasteiger charge is 2.13. The van der Waals surface area contributed by atoms with Crippen molar-refractivity contribution in [1.29, 1.82) is 0 Å². The fraction of sp³-hybridized carbons (Fsp3) is 0.125. The number of nitrogens with one attached hydrogen (secondary N) is 2. The molecule has 0 aliphatic carbocycles. The Hall–Kier alpha value is -2.68. The molecular formula is C24H20Br2ClN3O3. The number of ether oxygens (including phenoxy) is 1. The van der Waals surface area contributed by atoms with Crippen LogP contribution in [0.3, 0.4) is 0 Å².